The van der Waals surface area contributed by atoms with Gasteiger partial charge in [-0.05, 0) is 17.5 Å². The summed E-state index contributed by atoms with van der Waals surface area (Å²) in [6, 6.07) is 10.00. The van der Waals surface area contributed by atoms with Crippen molar-refractivity contribution in [1.82, 2.24) is 0 Å². The first kappa shape index (κ1) is 16.3. The third-order valence-electron chi connectivity index (χ3n) is 3.00. The monoisotopic (exact) mass is 323 g/mol. The van der Waals surface area contributed by atoms with Crippen molar-refractivity contribution in [3.8, 4) is 0 Å². The van der Waals surface area contributed by atoms with Gasteiger partial charge in [-0.1, -0.05) is 30.2 Å². The molecule has 0 saturated carbocycles. The van der Waals surface area contributed by atoms with Crippen molar-refractivity contribution in [3.05, 3.63) is 36.5 Å². The molecule has 1 aromatic heterocycles. The van der Waals surface area contributed by atoms with Crippen molar-refractivity contribution in [3.63, 3.8) is 0 Å². The number of hydrogen-bond acceptors (Lipinski definition) is 6. The zero-order valence-corrected chi connectivity index (χ0v) is 13.0. The van der Waals surface area contributed by atoms with Gasteiger partial charge in [0.15, 0.2) is 0 Å². The van der Waals surface area contributed by atoms with Crippen molar-refractivity contribution in [1.29, 1.82) is 0 Å². The van der Waals surface area contributed by atoms with E-state index in [2.05, 4.69) is 10.4 Å². The van der Waals surface area contributed by atoms with E-state index in [-0.39, 0.29) is 5.75 Å². The second kappa shape index (κ2) is 5.99. The highest BCUT2D eigenvalue weighted by molar-refractivity contribution is 7.85. The van der Waals surface area contributed by atoms with Gasteiger partial charge in [0.25, 0.3) is 0 Å². The Bertz CT molecular complexity index is 816. The summed E-state index contributed by atoms with van der Waals surface area (Å²) in [7, 11) is -3.91. The molecule has 0 radical (unpaired) electrons. The van der Waals surface area contributed by atoms with Crippen LogP contribution >= 0.6 is 0 Å². The summed E-state index contributed by atoms with van der Waals surface area (Å²) in [5.74, 6) is 0.498. The molecular formula is C14H17N3O4S. The summed E-state index contributed by atoms with van der Waals surface area (Å²) in [5.41, 5.74) is -1.09. The van der Waals surface area contributed by atoms with Gasteiger partial charge in [-0.3, -0.25) is 0 Å². The Morgan fingerprint density at radius 3 is 2.64 bits per heavy atom. The zero-order valence-electron chi connectivity index (χ0n) is 12.2. The van der Waals surface area contributed by atoms with E-state index < -0.39 is 15.8 Å². The van der Waals surface area contributed by atoms with E-state index in [1.807, 2.05) is 36.5 Å². The Labute approximate surface area is 128 Å². The fourth-order valence-electron chi connectivity index (χ4n) is 1.87. The number of anilines is 1. The molecule has 0 amide bonds. The first-order valence-electron chi connectivity index (χ1n) is 6.65. The number of fused-ring (bicyclic) bond motifs is 3. The van der Waals surface area contributed by atoms with E-state index in [0.29, 0.717) is 0 Å². The lowest BCUT2D eigenvalue weighted by Gasteiger charge is -2.19. The number of aromatic nitrogens is 1. The van der Waals surface area contributed by atoms with Gasteiger partial charge in [0, 0.05) is 12.7 Å². The van der Waals surface area contributed by atoms with Crippen molar-refractivity contribution in [2.24, 2.45) is 5.10 Å². The van der Waals surface area contributed by atoms with Gasteiger partial charge in [-0.15, -0.1) is 4.68 Å². The Morgan fingerprint density at radius 1 is 1.36 bits per heavy atom. The highest BCUT2D eigenvalue weighted by Gasteiger charge is 2.31. The topological polar surface area (TPSA) is 106 Å². The summed E-state index contributed by atoms with van der Waals surface area (Å²) >= 11 is 0. The van der Waals surface area contributed by atoms with Crippen molar-refractivity contribution in [2.45, 2.75) is 19.6 Å². The zero-order chi connectivity index (χ0) is 16.4. The van der Waals surface area contributed by atoms with Crippen LogP contribution in [0.1, 0.15) is 13.8 Å². The summed E-state index contributed by atoms with van der Waals surface area (Å²) in [6.07, 6.45) is 3.35. The molecule has 0 spiro atoms. The SMILES string of the molecule is CC1(O)C=N[n+]2ccc3ccccc3c2N1.CCS(=O)(=O)[O-]. The van der Waals surface area contributed by atoms with Crippen LogP contribution in [0.4, 0.5) is 5.82 Å². The molecule has 1 unspecified atom stereocenters. The third kappa shape index (κ3) is 4.00. The molecule has 1 aliphatic rings. The van der Waals surface area contributed by atoms with Gasteiger partial charge in [-0.2, -0.15) is 0 Å². The van der Waals surface area contributed by atoms with Gasteiger partial charge in [0.1, 0.15) is 12.4 Å². The van der Waals surface area contributed by atoms with Gasteiger partial charge >= 0.3 is 5.82 Å². The third-order valence-corrected chi connectivity index (χ3v) is 3.71. The molecule has 1 aromatic carbocycles. The van der Waals surface area contributed by atoms with E-state index >= 15 is 0 Å². The Hall–Kier alpha value is -2.03. The van der Waals surface area contributed by atoms with E-state index in [9.17, 15) is 18.1 Å². The number of nitrogens with one attached hydrogen (secondary N) is 1. The number of pyridine rings is 1. The maximum atomic E-state index is 9.91. The minimum absolute atomic E-state index is 0.312. The van der Waals surface area contributed by atoms with Crippen molar-refractivity contribution >= 4 is 32.9 Å². The van der Waals surface area contributed by atoms with E-state index in [0.717, 1.165) is 16.6 Å². The van der Waals surface area contributed by atoms with Crippen LogP contribution < -0.4 is 9.99 Å². The van der Waals surface area contributed by atoms with Crippen LogP contribution in [0.3, 0.4) is 0 Å². The predicted molar refractivity (Wildman–Crippen MR) is 82.5 cm³/mol. The molecular weight excluding hydrogens is 306 g/mol. The highest BCUT2D eigenvalue weighted by atomic mass is 32.2. The summed E-state index contributed by atoms with van der Waals surface area (Å²) in [4.78, 5) is 0. The smallest absolute Gasteiger partial charge is 0.310 e. The van der Waals surface area contributed by atoms with E-state index in [1.54, 1.807) is 11.6 Å². The molecule has 0 bridgehead atoms. The van der Waals surface area contributed by atoms with E-state index in [4.69, 9.17) is 0 Å². The highest BCUT2D eigenvalue weighted by Crippen LogP contribution is 2.22. The lowest BCUT2D eigenvalue weighted by molar-refractivity contribution is -0.665. The molecule has 22 heavy (non-hydrogen) atoms. The lowest BCUT2D eigenvalue weighted by Crippen LogP contribution is -2.48. The predicted octanol–water partition coefficient (Wildman–Crippen LogP) is 0.647. The summed E-state index contributed by atoms with van der Waals surface area (Å²) < 4.78 is 30.1. The Balaban J connectivity index is 0.000000254. The Morgan fingerprint density at radius 2 is 2.00 bits per heavy atom. The van der Waals surface area contributed by atoms with Crippen LogP contribution in [0.25, 0.3) is 10.8 Å². The average Bonchev–Trinajstić information content (AvgIpc) is 2.46. The summed E-state index contributed by atoms with van der Waals surface area (Å²) in [6.45, 7) is 2.98. The molecule has 1 aliphatic heterocycles. The van der Waals surface area contributed by atoms with Crippen LogP contribution in [-0.4, -0.2) is 35.8 Å². The molecule has 1 atom stereocenters. The molecule has 0 fully saturated rings. The van der Waals surface area contributed by atoms with Gasteiger partial charge in [0.2, 0.25) is 5.72 Å². The number of benzene rings is 1. The maximum Gasteiger partial charge on any atom is 0.310 e. The minimum Gasteiger partial charge on any atom is -0.748 e. The standard InChI is InChI=1S/C12H11N3O.C2H6O3S/c1-12(16)8-13-15-7-6-9-4-2-3-5-10(9)11(15)14-12;1-2-6(3,4)5/h2-8,16H,1H3;2H2,1H3,(H,3,4,5). The number of nitrogens with zero attached hydrogens (tertiary/aromatic N) is 2. The van der Waals surface area contributed by atoms with E-state index in [1.165, 1.54) is 13.1 Å². The minimum atomic E-state index is -3.91. The van der Waals surface area contributed by atoms with Crippen molar-refractivity contribution < 1.29 is 22.8 Å². The van der Waals surface area contributed by atoms with Crippen molar-refractivity contribution in [2.75, 3.05) is 11.1 Å². The van der Waals surface area contributed by atoms with Crippen LogP contribution in [-0.2, 0) is 10.1 Å². The number of hydrogen-bond donors (Lipinski definition) is 2. The number of aliphatic hydroxyl groups is 1. The molecule has 0 aliphatic carbocycles. The first-order valence-corrected chi connectivity index (χ1v) is 8.22. The quantitative estimate of drug-likeness (QED) is 0.592. The normalized spacial score (nSPS) is 19.8. The van der Waals surface area contributed by atoms with Gasteiger partial charge in [0.05, 0.1) is 15.5 Å². The molecule has 7 nitrogen and oxygen atoms in total. The van der Waals surface area contributed by atoms with Gasteiger partial charge in [-0.25, -0.2) is 13.7 Å². The second-order valence-electron chi connectivity index (χ2n) is 4.96. The number of rotatable bonds is 1. The molecule has 118 valence electrons. The fourth-order valence-corrected chi connectivity index (χ4v) is 1.87. The molecule has 3 rings (SSSR count). The summed E-state index contributed by atoms with van der Waals surface area (Å²) in [5, 5.41) is 19.3. The largest absolute Gasteiger partial charge is 0.748 e. The van der Waals surface area contributed by atoms with Crippen LogP contribution in [0.2, 0.25) is 0 Å². The van der Waals surface area contributed by atoms with Crippen LogP contribution in [0.5, 0.6) is 0 Å². The average molecular weight is 323 g/mol. The van der Waals surface area contributed by atoms with Crippen LogP contribution in [0.15, 0.2) is 41.6 Å². The molecule has 2 N–H and O–H groups in total. The Kier molecular flexibility index (Phi) is 4.45. The molecule has 2 heterocycles. The molecule has 0 saturated heterocycles. The van der Waals surface area contributed by atoms with Crippen LogP contribution in [0, 0.1) is 0 Å². The first-order chi connectivity index (χ1) is 10.2. The fraction of sp³-hybridized carbons (Fsp3) is 0.286. The maximum absolute atomic E-state index is 9.91. The molecule has 8 heteroatoms. The van der Waals surface area contributed by atoms with Gasteiger partial charge < -0.3 is 9.66 Å². The second-order valence-corrected chi connectivity index (χ2v) is 6.65. The molecule has 2 aromatic rings. The lowest BCUT2D eigenvalue weighted by atomic mass is 10.1.